The Morgan fingerprint density at radius 2 is 2.05 bits per heavy atom. The molecular formula is C13H14F6N2. The van der Waals surface area contributed by atoms with Gasteiger partial charge in [0.25, 0.3) is 5.92 Å². The lowest BCUT2D eigenvalue weighted by atomic mass is 9.96. The third-order valence-electron chi connectivity index (χ3n) is 3.44. The molecule has 1 N–H and O–H groups in total. The number of rotatable bonds is 3. The van der Waals surface area contributed by atoms with Gasteiger partial charge in [-0.1, -0.05) is 0 Å². The average Bonchev–Trinajstić information content (AvgIpc) is 2.35. The minimum Gasteiger partial charge on any atom is -0.314 e. The second kappa shape index (κ2) is 5.82. The van der Waals surface area contributed by atoms with Gasteiger partial charge in [0, 0.05) is 31.6 Å². The molecule has 0 spiro atoms. The maximum absolute atomic E-state index is 13.6. The first-order valence-corrected chi connectivity index (χ1v) is 6.50. The second-order valence-corrected chi connectivity index (χ2v) is 5.15. The Balaban J connectivity index is 1.98. The number of nitrogens with one attached hydrogen (secondary N) is 1. The van der Waals surface area contributed by atoms with Crippen molar-refractivity contribution in [1.29, 1.82) is 0 Å². The van der Waals surface area contributed by atoms with E-state index in [1.807, 2.05) is 0 Å². The standard InChI is InChI=1S/C13H14F6N2/c14-10-5-8(13(17,18)19)7-21-11(10)2-1-9-6-12(15,16)3-4-20-9/h5,7,9,20H,1-4,6H2. The normalized spacial score (nSPS) is 22.3. The number of piperidine rings is 1. The molecule has 0 aromatic carbocycles. The Labute approximate surface area is 117 Å². The summed E-state index contributed by atoms with van der Waals surface area (Å²) in [6.07, 6.45) is -4.48. The molecule has 2 heterocycles. The van der Waals surface area contributed by atoms with Gasteiger partial charge in [-0.3, -0.25) is 4.98 Å². The van der Waals surface area contributed by atoms with Crippen LogP contribution >= 0.6 is 0 Å². The van der Waals surface area contributed by atoms with Gasteiger partial charge < -0.3 is 5.32 Å². The molecule has 1 fully saturated rings. The van der Waals surface area contributed by atoms with Crippen LogP contribution in [0.25, 0.3) is 0 Å². The highest BCUT2D eigenvalue weighted by Crippen LogP contribution is 2.31. The van der Waals surface area contributed by atoms with Gasteiger partial charge in [0.1, 0.15) is 5.82 Å². The molecule has 8 heteroatoms. The van der Waals surface area contributed by atoms with Gasteiger partial charge in [-0.05, 0) is 18.9 Å². The Morgan fingerprint density at radius 1 is 1.33 bits per heavy atom. The molecule has 1 unspecified atom stereocenters. The van der Waals surface area contributed by atoms with Crippen LogP contribution in [0.15, 0.2) is 12.3 Å². The van der Waals surface area contributed by atoms with E-state index >= 15 is 0 Å². The molecule has 0 aliphatic carbocycles. The molecule has 2 nitrogen and oxygen atoms in total. The lowest BCUT2D eigenvalue weighted by molar-refractivity contribution is -0.138. The number of hydrogen-bond acceptors (Lipinski definition) is 2. The van der Waals surface area contributed by atoms with Crippen molar-refractivity contribution in [2.75, 3.05) is 6.54 Å². The highest BCUT2D eigenvalue weighted by Gasteiger charge is 2.36. The minimum absolute atomic E-state index is 0.0116. The van der Waals surface area contributed by atoms with Gasteiger partial charge in [-0.25, -0.2) is 13.2 Å². The number of aromatic nitrogens is 1. The molecule has 0 bridgehead atoms. The van der Waals surface area contributed by atoms with Crippen molar-refractivity contribution in [2.45, 2.75) is 43.8 Å². The lowest BCUT2D eigenvalue weighted by Gasteiger charge is -2.30. The van der Waals surface area contributed by atoms with E-state index in [0.29, 0.717) is 12.3 Å². The lowest BCUT2D eigenvalue weighted by Crippen LogP contribution is -2.43. The van der Waals surface area contributed by atoms with Crippen molar-refractivity contribution in [1.82, 2.24) is 10.3 Å². The smallest absolute Gasteiger partial charge is 0.314 e. The van der Waals surface area contributed by atoms with E-state index in [1.165, 1.54) is 0 Å². The quantitative estimate of drug-likeness (QED) is 0.863. The largest absolute Gasteiger partial charge is 0.417 e. The van der Waals surface area contributed by atoms with E-state index in [9.17, 15) is 26.3 Å². The topological polar surface area (TPSA) is 24.9 Å². The number of pyridine rings is 1. The van der Waals surface area contributed by atoms with E-state index in [-0.39, 0.29) is 37.9 Å². The van der Waals surface area contributed by atoms with Crippen molar-refractivity contribution < 1.29 is 26.3 Å². The van der Waals surface area contributed by atoms with E-state index in [1.54, 1.807) is 0 Å². The van der Waals surface area contributed by atoms with Gasteiger partial charge >= 0.3 is 6.18 Å². The molecule has 1 saturated heterocycles. The summed E-state index contributed by atoms with van der Waals surface area (Å²) >= 11 is 0. The molecule has 21 heavy (non-hydrogen) atoms. The van der Waals surface area contributed by atoms with E-state index in [0.717, 1.165) is 0 Å². The zero-order valence-corrected chi connectivity index (χ0v) is 11.0. The third-order valence-corrected chi connectivity index (χ3v) is 3.44. The van der Waals surface area contributed by atoms with Crippen LogP contribution in [0.3, 0.4) is 0 Å². The molecule has 1 aromatic heterocycles. The van der Waals surface area contributed by atoms with Gasteiger partial charge in [-0.15, -0.1) is 0 Å². The van der Waals surface area contributed by atoms with Crippen LogP contribution in [0.4, 0.5) is 26.3 Å². The van der Waals surface area contributed by atoms with Crippen LogP contribution < -0.4 is 5.32 Å². The van der Waals surface area contributed by atoms with Crippen molar-refractivity contribution in [3.8, 4) is 0 Å². The summed E-state index contributed by atoms with van der Waals surface area (Å²) in [7, 11) is 0. The minimum atomic E-state index is -4.65. The molecule has 0 radical (unpaired) electrons. The first-order valence-electron chi connectivity index (χ1n) is 6.50. The maximum atomic E-state index is 13.6. The van der Waals surface area contributed by atoms with Gasteiger partial charge in [0.05, 0.1) is 11.3 Å². The molecule has 0 amide bonds. The third kappa shape index (κ3) is 4.33. The van der Waals surface area contributed by atoms with Gasteiger partial charge in [0.15, 0.2) is 0 Å². The molecular weight excluding hydrogens is 298 g/mol. The number of alkyl halides is 5. The Morgan fingerprint density at radius 3 is 2.62 bits per heavy atom. The maximum Gasteiger partial charge on any atom is 0.417 e. The van der Waals surface area contributed by atoms with Crippen LogP contribution in [-0.2, 0) is 12.6 Å². The summed E-state index contributed by atoms with van der Waals surface area (Å²) in [5, 5.41) is 2.89. The molecule has 2 rings (SSSR count). The fraction of sp³-hybridized carbons (Fsp3) is 0.615. The van der Waals surface area contributed by atoms with Gasteiger partial charge in [-0.2, -0.15) is 13.2 Å². The van der Waals surface area contributed by atoms with E-state index in [2.05, 4.69) is 10.3 Å². The zero-order chi connectivity index (χ0) is 15.7. The van der Waals surface area contributed by atoms with Crippen LogP contribution in [0.2, 0.25) is 0 Å². The molecule has 1 aliphatic rings. The highest BCUT2D eigenvalue weighted by atomic mass is 19.4. The van der Waals surface area contributed by atoms with Crippen LogP contribution in [0.1, 0.15) is 30.5 Å². The van der Waals surface area contributed by atoms with Crippen LogP contribution in [0, 0.1) is 5.82 Å². The van der Waals surface area contributed by atoms with Crippen molar-refractivity contribution in [3.05, 3.63) is 29.3 Å². The Kier molecular flexibility index (Phi) is 4.46. The molecule has 1 aliphatic heterocycles. The van der Waals surface area contributed by atoms with Crippen LogP contribution in [-0.4, -0.2) is 23.5 Å². The van der Waals surface area contributed by atoms with E-state index in [4.69, 9.17) is 0 Å². The molecule has 1 atom stereocenters. The second-order valence-electron chi connectivity index (χ2n) is 5.15. The summed E-state index contributed by atoms with van der Waals surface area (Å²) in [5.41, 5.74) is -1.30. The SMILES string of the molecule is Fc1cc(C(F)(F)F)cnc1CCC1CC(F)(F)CCN1. The monoisotopic (exact) mass is 312 g/mol. The summed E-state index contributed by atoms with van der Waals surface area (Å²) < 4.78 is 77.0. The Hall–Kier alpha value is -1.31. The summed E-state index contributed by atoms with van der Waals surface area (Å²) in [6, 6.07) is -0.108. The number of aryl methyl sites for hydroxylation is 1. The highest BCUT2D eigenvalue weighted by molar-refractivity contribution is 5.19. The Bertz CT molecular complexity index is 500. The van der Waals surface area contributed by atoms with Crippen molar-refractivity contribution in [2.24, 2.45) is 0 Å². The molecule has 0 saturated carbocycles. The van der Waals surface area contributed by atoms with Crippen molar-refractivity contribution >= 4 is 0 Å². The number of halogens is 6. The number of hydrogen-bond donors (Lipinski definition) is 1. The van der Waals surface area contributed by atoms with E-state index < -0.39 is 29.5 Å². The zero-order valence-electron chi connectivity index (χ0n) is 11.0. The molecule has 1 aromatic rings. The fourth-order valence-electron chi connectivity index (χ4n) is 2.31. The van der Waals surface area contributed by atoms with Crippen LogP contribution in [0.5, 0.6) is 0 Å². The predicted molar refractivity (Wildman–Crippen MR) is 63.5 cm³/mol. The average molecular weight is 312 g/mol. The first kappa shape index (κ1) is 16.1. The predicted octanol–water partition coefficient (Wildman–Crippen LogP) is 3.56. The summed E-state index contributed by atoms with van der Waals surface area (Å²) in [5.74, 6) is -3.81. The van der Waals surface area contributed by atoms with Gasteiger partial charge in [0.2, 0.25) is 0 Å². The summed E-state index contributed by atoms with van der Waals surface area (Å²) in [6.45, 7) is 0.167. The fourth-order valence-corrected chi connectivity index (χ4v) is 2.31. The van der Waals surface area contributed by atoms with Crippen molar-refractivity contribution in [3.63, 3.8) is 0 Å². The first-order chi connectivity index (χ1) is 9.67. The summed E-state index contributed by atoms with van der Waals surface area (Å²) in [4.78, 5) is 3.46. The molecule has 118 valence electrons. The number of nitrogens with zero attached hydrogens (tertiary/aromatic N) is 1.